The van der Waals surface area contributed by atoms with Crippen molar-refractivity contribution in [3.05, 3.63) is 24.3 Å². The van der Waals surface area contributed by atoms with Crippen molar-refractivity contribution in [3.8, 4) is 0 Å². The molecule has 0 aromatic heterocycles. The number of nitrogens with one attached hydrogen (secondary N) is 2. The molecule has 0 atom stereocenters. The molecule has 0 heterocycles. The number of amides is 1. The molecule has 3 nitrogen and oxygen atoms in total. The van der Waals surface area contributed by atoms with Crippen LogP contribution in [0.3, 0.4) is 0 Å². The Morgan fingerprint density at radius 3 is 2.76 bits per heavy atom. The highest BCUT2D eigenvalue weighted by Crippen LogP contribution is 2.26. The Morgan fingerprint density at radius 2 is 2.06 bits per heavy atom. The summed E-state index contributed by atoms with van der Waals surface area (Å²) in [4.78, 5) is 12.8. The third-order valence-corrected chi connectivity index (χ3v) is 3.20. The van der Waals surface area contributed by atoms with Crippen LogP contribution in [0.5, 0.6) is 0 Å². The Hall–Kier alpha value is -1.00. The highest BCUT2D eigenvalue weighted by Gasteiger charge is 2.05. The van der Waals surface area contributed by atoms with Crippen LogP contribution >= 0.6 is 11.8 Å². The van der Waals surface area contributed by atoms with E-state index in [-0.39, 0.29) is 5.91 Å². The van der Waals surface area contributed by atoms with Gasteiger partial charge in [-0.25, -0.2) is 0 Å². The summed E-state index contributed by atoms with van der Waals surface area (Å²) in [7, 11) is 0. The zero-order chi connectivity index (χ0) is 12.5. The molecule has 0 unspecified atom stereocenters. The van der Waals surface area contributed by atoms with Crippen LogP contribution in [0.1, 0.15) is 20.3 Å². The molecular weight excluding hydrogens is 232 g/mol. The average molecular weight is 252 g/mol. The Labute approximate surface area is 107 Å². The molecule has 1 rings (SSSR count). The number of anilines is 1. The zero-order valence-electron chi connectivity index (χ0n) is 10.5. The number of benzene rings is 1. The first kappa shape index (κ1) is 14.1. The lowest BCUT2D eigenvalue weighted by Gasteiger charge is -2.10. The molecule has 0 fully saturated rings. The summed E-state index contributed by atoms with van der Waals surface area (Å²) in [5.41, 5.74) is 0.917. The van der Waals surface area contributed by atoms with E-state index in [2.05, 4.69) is 17.6 Å². The molecule has 0 aliphatic carbocycles. The number of thioether (sulfide) groups is 1. The van der Waals surface area contributed by atoms with Crippen molar-refractivity contribution in [2.24, 2.45) is 0 Å². The van der Waals surface area contributed by atoms with Crippen LogP contribution in [0.25, 0.3) is 0 Å². The van der Waals surface area contributed by atoms with Crippen molar-refractivity contribution in [3.63, 3.8) is 0 Å². The van der Waals surface area contributed by atoms with Gasteiger partial charge in [0, 0.05) is 17.9 Å². The van der Waals surface area contributed by atoms with Crippen LogP contribution in [0.4, 0.5) is 5.69 Å². The number of para-hydroxylation sites is 1. The molecule has 1 aromatic carbocycles. The number of carbonyl (C=O) groups is 1. The maximum absolute atomic E-state index is 11.7. The first-order chi connectivity index (χ1) is 8.27. The van der Waals surface area contributed by atoms with Crippen molar-refractivity contribution >= 4 is 23.4 Å². The number of hydrogen-bond acceptors (Lipinski definition) is 3. The molecule has 0 aliphatic heterocycles. The fourth-order valence-electron chi connectivity index (χ4n) is 1.44. The fourth-order valence-corrected chi connectivity index (χ4v) is 2.20. The van der Waals surface area contributed by atoms with Gasteiger partial charge in [0.05, 0.1) is 5.69 Å². The minimum absolute atomic E-state index is 0.0649. The zero-order valence-corrected chi connectivity index (χ0v) is 11.3. The maximum atomic E-state index is 11.7. The van der Waals surface area contributed by atoms with Crippen molar-refractivity contribution in [1.29, 1.82) is 0 Å². The van der Waals surface area contributed by atoms with Gasteiger partial charge in [0.1, 0.15) is 0 Å². The molecular formula is C13H20N2OS. The second-order valence-corrected chi connectivity index (χ2v) is 4.89. The summed E-state index contributed by atoms with van der Waals surface area (Å²) in [6.07, 6.45) is 0.513. The summed E-state index contributed by atoms with van der Waals surface area (Å²) in [5, 5.41) is 6.09. The monoisotopic (exact) mass is 252 g/mol. The second kappa shape index (κ2) is 8.14. The van der Waals surface area contributed by atoms with Gasteiger partial charge in [-0.2, -0.15) is 0 Å². The van der Waals surface area contributed by atoms with E-state index < -0.39 is 0 Å². The van der Waals surface area contributed by atoms with Gasteiger partial charge in [0.15, 0.2) is 0 Å². The standard InChI is InChI=1S/C13H20N2OS/c1-3-14-10-9-13(16)15-11-7-5-6-8-12(11)17-4-2/h5-8,14H,3-4,9-10H2,1-2H3,(H,15,16). The Kier molecular flexibility index (Phi) is 6.74. The number of hydrogen-bond donors (Lipinski definition) is 2. The number of carbonyl (C=O) groups excluding carboxylic acids is 1. The van der Waals surface area contributed by atoms with E-state index in [9.17, 15) is 4.79 Å². The van der Waals surface area contributed by atoms with Gasteiger partial charge in [0.2, 0.25) is 5.91 Å². The van der Waals surface area contributed by atoms with E-state index in [1.165, 1.54) is 0 Å². The average Bonchev–Trinajstić information content (AvgIpc) is 2.32. The smallest absolute Gasteiger partial charge is 0.225 e. The van der Waals surface area contributed by atoms with Crippen LogP contribution < -0.4 is 10.6 Å². The molecule has 17 heavy (non-hydrogen) atoms. The summed E-state index contributed by atoms with van der Waals surface area (Å²) < 4.78 is 0. The predicted molar refractivity (Wildman–Crippen MR) is 74.6 cm³/mol. The first-order valence-corrected chi connectivity index (χ1v) is 6.98. The highest BCUT2D eigenvalue weighted by atomic mass is 32.2. The quantitative estimate of drug-likeness (QED) is 0.579. The van der Waals surface area contributed by atoms with Crippen LogP contribution in [0.15, 0.2) is 29.2 Å². The van der Waals surface area contributed by atoms with Crippen LogP contribution in [-0.4, -0.2) is 24.7 Å². The highest BCUT2D eigenvalue weighted by molar-refractivity contribution is 7.99. The predicted octanol–water partition coefficient (Wildman–Crippen LogP) is 2.74. The topological polar surface area (TPSA) is 41.1 Å². The van der Waals surface area contributed by atoms with E-state index in [1.54, 1.807) is 11.8 Å². The second-order valence-electron chi connectivity index (χ2n) is 3.58. The van der Waals surface area contributed by atoms with Gasteiger partial charge in [-0.1, -0.05) is 26.0 Å². The molecule has 0 saturated heterocycles. The largest absolute Gasteiger partial charge is 0.325 e. The molecule has 94 valence electrons. The van der Waals surface area contributed by atoms with Crippen LogP contribution in [-0.2, 0) is 4.79 Å². The third-order valence-electron chi connectivity index (χ3n) is 2.24. The molecule has 1 amide bonds. The van der Waals surface area contributed by atoms with Gasteiger partial charge < -0.3 is 10.6 Å². The van der Waals surface area contributed by atoms with Crippen LogP contribution in [0.2, 0.25) is 0 Å². The summed E-state index contributed by atoms with van der Waals surface area (Å²) in [6.45, 7) is 5.76. The van der Waals surface area contributed by atoms with Gasteiger partial charge in [0.25, 0.3) is 0 Å². The van der Waals surface area contributed by atoms with Gasteiger partial charge in [-0.3, -0.25) is 4.79 Å². The van der Waals surface area contributed by atoms with E-state index in [1.807, 2.05) is 31.2 Å². The molecule has 1 aromatic rings. The van der Waals surface area contributed by atoms with E-state index >= 15 is 0 Å². The van der Waals surface area contributed by atoms with Crippen molar-refractivity contribution in [2.75, 3.05) is 24.2 Å². The molecule has 0 spiro atoms. The number of rotatable bonds is 7. The molecule has 2 N–H and O–H groups in total. The Balaban J connectivity index is 2.52. The lowest BCUT2D eigenvalue weighted by atomic mass is 10.3. The van der Waals surface area contributed by atoms with Crippen LogP contribution in [0, 0.1) is 0 Å². The third kappa shape index (κ3) is 5.24. The maximum Gasteiger partial charge on any atom is 0.225 e. The molecule has 0 saturated carbocycles. The van der Waals surface area contributed by atoms with E-state index in [4.69, 9.17) is 0 Å². The van der Waals surface area contributed by atoms with E-state index in [0.29, 0.717) is 6.42 Å². The summed E-state index contributed by atoms with van der Waals surface area (Å²) >= 11 is 1.74. The fraction of sp³-hybridized carbons (Fsp3) is 0.462. The minimum Gasteiger partial charge on any atom is -0.325 e. The van der Waals surface area contributed by atoms with E-state index in [0.717, 1.165) is 29.4 Å². The summed E-state index contributed by atoms with van der Waals surface area (Å²) in [6, 6.07) is 7.92. The summed E-state index contributed by atoms with van der Waals surface area (Å²) in [5.74, 6) is 1.07. The molecule has 0 bridgehead atoms. The molecule has 4 heteroatoms. The lowest BCUT2D eigenvalue weighted by Crippen LogP contribution is -2.21. The Morgan fingerprint density at radius 1 is 1.29 bits per heavy atom. The SMILES string of the molecule is CCNCCC(=O)Nc1ccccc1SCC. The lowest BCUT2D eigenvalue weighted by molar-refractivity contribution is -0.116. The van der Waals surface area contributed by atoms with Gasteiger partial charge in [-0.15, -0.1) is 11.8 Å². The van der Waals surface area contributed by atoms with Crippen molar-refractivity contribution in [1.82, 2.24) is 5.32 Å². The van der Waals surface area contributed by atoms with Gasteiger partial charge >= 0.3 is 0 Å². The normalized spacial score (nSPS) is 10.2. The molecule has 0 radical (unpaired) electrons. The van der Waals surface area contributed by atoms with Crippen molar-refractivity contribution < 1.29 is 4.79 Å². The minimum atomic E-state index is 0.0649. The first-order valence-electron chi connectivity index (χ1n) is 6.00. The van der Waals surface area contributed by atoms with Gasteiger partial charge in [-0.05, 0) is 24.4 Å². The Bertz CT molecular complexity index is 355. The van der Waals surface area contributed by atoms with Crippen molar-refractivity contribution in [2.45, 2.75) is 25.2 Å². The molecule has 0 aliphatic rings.